The zero-order chi connectivity index (χ0) is 17.2. The van der Waals surface area contributed by atoms with Crippen LogP contribution in [0.1, 0.15) is 51.1 Å². The molecule has 6 heteroatoms. The summed E-state index contributed by atoms with van der Waals surface area (Å²) in [5.74, 6) is 2.50. The SMILES string of the molecule is CCc1cc(NC[C@@H]2CC(=O)N(C3CC3)C2)nc(N2CCCCC2)n1. The molecule has 1 aromatic heterocycles. The summed E-state index contributed by atoms with van der Waals surface area (Å²) in [6.45, 7) is 5.96. The van der Waals surface area contributed by atoms with E-state index >= 15 is 0 Å². The van der Waals surface area contributed by atoms with Crippen LogP contribution in [-0.2, 0) is 11.2 Å². The molecule has 1 atom stereocenters. The Hall–Kier alpha value is -1.85. The molecule has 1 N–H and O–H groups in total. The summed E-state index contributed by atoms with van der Waals surface area (Å²) in [5.41, 5.74) is 1.08. The van der Waals surface area contributed by atoms with Crippen LogP contribution < -0.4 is 10.2 Å². The van der Waals surface area contributed by atoms with Crippen LogP contribution in [0.15, 0.2) is 6.07 Å². The lowest BCUT2D eigenvalue weighted by molar-refractivity contribution is -0.128. The lowest BCUT2D eigenvalue weighted by Gasteiger charge is -2.27. The molecular formula is C19H29N5O. The van der Waals surface area contributed by atoms with E-state index in [0.717, 1.165) is 50.1 Å². The molecule has 0 radical (unpaired) electrons. The van der Waals surface area contributed by atoms with Crippen molar-refractivity contribution in [3.8, 4) is 0 Å². The van der Waals surface area contributed by atoms with Gasteiger partial charge in [-0.15, -0.1) is 0 Å². The first-order chi connectivity index (χ1) is 12.2. The fourth-order valence-corrected chi connectivity index (χ4v) is 3.92. The first-order valence-corrected chi connectivity index (χ1v) is 9.89. The van der Waals surface area contributed by atoms with E-state index in [9.17, 15) is 4.79 Å². The van der Waals surface area contributed by atoms with Crippen LogP contribution in [0.5, 0.6) is 0 Å². The summed E-state index contributed by atoms with van der Waals surface area (Å²) >= 11 is 0. The molecule has 0 unspecified atom stereocenters. The third-order valence-electron chi connectivity index (χ3n) is 5.57. The van der Waals surface area contributed by atoms with Gasteiger partial charge in [0.2, 0.25) is 11.9 Å². The molecule has 4 rings (SSSR count). The smallest absolute Gasteiger partial charge is 0.227 e. The highest BCUT2D eigenvalue weighted by Crippen LogP contribution is 2.32. The Balaban J connectivity index is 1.40. The second-order valence-corrected chi connectivity index (χ2v) is 7.67. The molecule has 0 aromatic carbocycles. The van der Waals surface area contributed by atoms with Crippen molar-refractivity contribution >= 4 is 17.7 Å². The number of hydrogen-bond donors (Lipinski definition) is 1. The van der Waals surface area contributed by atoms with Gasteiger partial charge in [-0.1, -0.05) is 6.92 Å². The molecule has 1 saturated carbocycles. The number of likely N-dealkylation sites (tertiary alicyclic amines) is 1. The Morgan fingerprint density at radius 1 is 1.20 bits per heavy atom. The first kappa shape index (κ1) is 16.6. The largest absolute Gasteiger partial charge is 0.370 e. The zero-order valence-electron chi connectivity index (χ0n) is 15.2. The summed E-state index contributed by atoms with van der Waals surface area (Å²) in [5, 5.41) is 3.48. The Morgan fingerprint density at radius 2 is 2.00 bits per heavy atom. The number of hydrogen-bond acceptors (Lipinski definition) is 5. The summed E-state index contributed by atoms with van der Waals surface area (Å²) < 4.78 is 0. The van der Waals surface area contributed by atoms with Crippen molar-refractivity contribution in [3.05, 3.63) is 11.8 Å². The van der Waals surface area contributed by atoms with Gasteiger partial charge in [-0.25, -0.2) is 4.98 Å². The van der Waals surface area contributed by atoms with Gasteiger partial charge < -0.3 is 15.1 Å². The molecule has 2 aliphatic heterocycles. The number of aryl methyl sites for hydroxylation is 1. The summed E-state index contributed by atoms with van der Waals surface area (Å²) in [7, 11) is 0. The van der Waals surface area contributed by atoms with Gasteiger partial charge in [0, 0.05) is 56.3 Å². The molecule has 3 heterocycles. The summed E-state index contributed by atoms with van der Waals surface area (Å²) in [6, 6.07) is 2.59. The van der Waals surface area contributed by atoms with Gasteiger partial charge in [0.15, 0.2) is 0 Å². The molecule has 1 aliphatic carbocycles. The molecule has 136 valence electrons. The number of aromatic nitrogens is 2. The standard InChI is InChI=1S/C19H29N5O/c1-2-15-11-17(22-19(21-15)23-8-4-3-5-9-23)20-12-14-10-18(25)24(13-14)16-6-7-16/h11,14,16H,2-10,12-13H2,1H3,(H,20,21,22)/t14-/m0/s1. The number of carbonyl (C=O) groups excluding carboxylic acids is 1. The number of anilines is 2. The van der Waals surface area contributed by atoms with Crippen LogP contribution in [0.3, 0.4) is 0 Å². The minimum absolute atomic E-state index is 0.334. The van der Waals surface area contributed by atoms with Gasteiger partial charge in [-0.3, -0.25) is 4.79 Å². The van der Waals surface area contributed by atoms with Crippen LogP contribution in [0, 0.1) is 5.92 Å². The molecule has 1 amide bonds. The lowest BCUT2D eigenvalue weighted by atomic mass is 10.1. The Kier molecular flexibility index (Phi) is 4.77. The maximum absolute atomic E-state index is 12.1. The fraction of sp³-hybridized carbons (Fsp3) is 0.737. The normalized spacial score (nSPS) is 24.0. The number of carbonyl (C=O) groups is 1. The van der Waals surface area contributed by atoms with Crippen molar-refractivity contribution in [2.45, 2.75) is 57.9 Å². The quantitative estimate of drug-likeness (QED) is 0.860. The second kappa shape index (κ2) is 7.18. The molecular weight excluding hydrogens is 314 g/mol. The van der Waals surface area contributed by atoms with E-state index in [-0.39, 0.29) is 0 Å². The topological polar surface area (TPSA) is 61.4 Å². The molecule has 3 fully saturated rings. The maximum Gasteiger partial charge on any atom is 0.227 e. The highest BCUT2D eigenvalue weighted by molar-refractivity contribution is 5.79. The fourth-order valence-electron chi connectivity index (χ4n) is 3.92. The van der Waals surface area contributed by atoms with E-state index < -0.39 is 0 Å². The Morgan fingerprint density at radius 3 is 2.72 bits per heavy atom. The number of piperidine rings is 1. The third kappa shape index (κ3) is 3.88. The highest BCUT2D eigenvalue weighted by Gasteiger charge is 2.39. The van der Waals surface area contributed by atoms with Crippen LogP contribution in [0.25, 0.3) is 0 Å². The predicted molar refractivity (Wildman–Crippen MR) is 98.8 cm³/mol. The van der Waals surface area contributed by atoms with Gasteiger partial charge in [-0.05, 0) is 38.5 Å². The highest BCUT2D eigenvalue weighted by atomic mass is 16.2. The van der Waals surface area contributed by atoms with Gasteiger partial charge in [0.25, 0.3) is 0 Å². The van der Waals surface area contributed by atoms with Crippen LogP contribution in [0.2, 0.25) is 0 Å². The van der Waals surface area contributed by atoms with Gasteiger partial charge in [-0.2, -0.15) is 4.98 Å². The third-order valence-corrected chi connectivity index (χ3v) is 5.57. The first-order valence-electron chi connectivity index (χ1n) is 9.89. The minimum Gasteiger partial charge on any atom is -0.370 e. The van der Waals surface area contributed by atoms with Crippen molar-refractivity contribution in [2.24, 2.45) is 5.92 Å². The van der Waals surface area contributed by atoms with Crippen molar-refractivity contribution in [2.75, 3.05) is 36.4 Å². The number of amides is 1. The van der Waals surface area contributed by atoms with Crippen molar-refractivity contribution in [1.29, 1.82) is 0 Å². The lowest BCUT2D eigenvalue weighted by Crippen LogP contribution is -2.31. The number of nitrogens with zero attached hydrogens (tertiary/aromatic N) is 4. The van der Waals surface area contributed by atoms with E-state index in [1.165, 1.54) is 32.1 Å². The second-order valence-electron chi connectivity index (χ2n) is 7.67. The molecule has 25 heavy (non-hydrogen) atoms. The van der Waals surface area contributed by atoms with E-state index in [1.54, 1.807) is 0 Å². The molecule has 2 saturated heterocycles. The molecule has 1 aromatic rings. The zero-order valence-corrected chi connectivity index (χ0v) is 15.2. The van der Waals surface area contributed by atoms with E-state index in [2.05, 4.69) is 28.1 Å². The van der Waals surface area contributed by atoms with Crippen molar-refractivity contribution in [3.63, 3.8) is 0 Å². The van der Waals surface area contributed by atoms with Gasteiger partial charge >= 0.3 is 0 Å². The van der Waals surface area contributed by atoms with Gasteiger partial charge in [0.1, 0.15) is 5.82 Å². The van der Waals surface area contributed by atoms with E-state index in [4.69, 9.17) is 9.97 Å². The average Bonchev–Trinajstić information content (AvgIpc) is 3.43. The molecule has 6 nitrogen and oxygen atoms in total. The number of nitrogens with one attached hydrogen (secondary N) is 1. The van der Waals surface area contributed by atoms with Crippen LogP contribution >= 0.6 is 0 Å². The molecule has 0 spiro atoms. The molecule has 0 bridgehead atoms. The van der Waals surface area contributed by atoms with E-state index in [0.29, 0.717) is 24.3 Å². The van der Waals surface area contributed by atoms with Gasteiger partial charge in [0.05, 0.1) is 0 Å². The number of rotatable bonds is 6. The van der Waals surface area contributed by atoms with Crippen LogP contribution in [-0.4, -0.2) is 53.0 Å². The Bertz CT molecular complexity index is 624. The average molecular weight is 343 g/mol. The summed E-state index contributed by atoms with van der Waals surface area (Å²) in [6.07, 6.45) is 7.73. The minimum atomic E-state index is 0.334. The maximum atomic E-state index is 12.1. The van der Waals surface area contributed by atoms with Crippen LogP contribution in [0.4, 0.5) is 11.8 Å². The summed E-state index contributed by atoms with van der Waals surface area (Å²) in [4.78, 5) is 26.0. The van der Waals surface area contributed by atoms with Crippen molar-refractivity contribution < 1.29 is 4.79 Å². The predicted octanol–water partition coefficient (Wildman–Crippen LogP) is 2.45. The Labute approximate surface area is 150 Å². The van der Waals surface area contributed by atoms with E-state index in [1.807, 2.05) is 0 Å². The molecule has 3 aliphatic rings. The van der Waals surface area contributed by atoms with Crippen molar-refractivity contribution in [1.82, 2.24) is 14.9 Å². The monoisotopic (exact) mass is 343 g/mol.